The summed E-state index contributed by atoms with van der Waals surface area (Å²) in [5.74, 6) is 0.737. The first-order valence-corrected chi connectivity index (χ1v) is 11.1. The molecule has 6 heteroatoms. The predicted octanol–water partition coefficient (Wildman–Crippen LogP) is 5.95. The van der Waals surface area contributed by atoms with Gasteiger partial charge in [0.2, 0.25) is 0 Å². The van der Waals surface area contributed by atoms with Crippen LogP contribution in [0, 0.1) is 19.3 Å². The highest BCUT2D eigenvalue weighted by Crippen LogP contribution is 2.35. The van der Waals surface area contributed by atoms with E-state index in [1.165, 1.54) is 5.56 Å². The monoisotopic (exact) mass is 431 g/mol. The molecule has 0 aliphatic rings. The van der Waals surface area contributed by atoms with Crippen molar-refractivity contribution < 1.29 is 0 Å². The average molecular weight is 432 g/mol. The molecule has 0 radical (unpaired) electrons. The number of benzene rings is 2. The van der Waals surface area contributed by atoms with Gasteiger partial charge in [-0.15, -0.1) is 0 Å². The number of aromatic nitrogens is 4. The lowest BCUT2D eigenvalue weighted by Gasteiger charge is -2.34. The highest BCUT2D eigenvalue weighted by atomic mass is 16.1. The van der Waals surface area contributed by atoms with Crippen LogP contribution in [0.2, 0.25) is 0 Å². The molecule has 32 heavy (non-hydrogen) atoms. The summed E-state index contributed by atoms with van der Waals surface area (Å²) in [5, 5.41) is 3.65. The van der Waals surface area contributed by atoms with E-state index < -0.39 is 0 Å². The van der Waals surface area contributed by atoms with Crippen molar-refractivity contribution in [3.8, 4) is 16.9 Å². The predicted molar refractivity (Wildman–Crippen MR) is 133 cm³/mol. The molecular weight excluding hydrogens is 398 g/mol. The molecule has 4 rings (SSSR count). The van der Waals surface area contributed by atoms with E-state index in [9.17, 15) is 4.79 Å². The van der Waals surface area contributed by atoms with E-state index in [4.69, 9.17) is 0 Å². The Balaban J connectivity index is 1.93. The number of hydrogen-bond acceptors (Lipinski definition) is 3. The van der Waals surface area contributed by atoms with E-state index in [0.29, 0.717) is 0 Å². The highest BCUT2D eigenvalue weighted by molar-refractivity contribution is 5.80. The van der Waals surface area contributed by atoms with Gasteiger partial charge in [-0.1, -0.05) is 44.5 Å². The van der Waals surface area contributed by atoms with E-state index in [1.54, 1.807) is 10.9 Å². The Morgan fingerprint density at radius 3 is 2.47 bits per heavy atom. The maximum Gasteiger partial charge on any atom is 0.332 e. The molecule has 0 aliphatic heterocycles. The lowest BCUT2D eigenvalue weighted by Crippen LogP contribution is -2.35. The Morgan fingerprint density at radius 2 is 1.78 bits per heavy atom. The minimum Gasteiger partial charge on any atom is -0.365 e. The number of aromatic amines is 2. The summed E-state index contributed by atoms with van der Waals surface area (Å²) < 4.78 is 1.76. The number of imidazole rings is 2. The molecule has 0 atom stereocenters. The van der Waals surface area contributed by atoms with Crippen molar-refractivity contribution >= 4 is 16.9 Å². The largest absolute Gasteiger partial charge is 0.365 e. The van der Waals surface area contributed by atoms with E-state index in [0.717, 1.165) is 45.8 Å². The summed E-state index contributed by atoms with van der Waals surface area (Å²) in [5.41, 5.74) is 6.49. The van der Waals surface area contributed by atoms with Crippen molar-refractivity contribution in [2.45, 2.75) is 60.4 Å². The molecule has 2 aromatic heterocycles. The molecule has 0 saturated heterocycles. The molecule has 168 valence electrons. The quantitative estimate of drug-likeness (QED) is 0.365. The molecule has 2 aromatic carbocycles. The highest BCUT2D eigenvalue weighted by Gasteiger charge is 2.28. The van der Waals surface area contributed by atoms with Crippen LogP contribution in [0.15, 0.2) is 47.5 Å². The van der Waals surface area contributed by atoms with Gasteiger partial charge in [0.1, 0.15) is 5.82 Å². The van der Waals surface area contributed by atoms with Crippen molar-refractivity contribution in [2.75, 3.05) is 5.32 Å². The minimum atomic E-state index is -0.214. The van der Waals surface area contributed by atoms with Crippen molar-refractivity contribution in [1.29, 1.82) is 0 Å². The smallest absolute Gasteiger partial charge is 0.332 e. The second-order valence-corrected chi connectivity index (χ2v) is 10.7. The van der Waals surface area contributed by atoms with Gasteiger partial charge in [-0.05, 0) is 63.3 Å². The Bertz CT molecular complexity index is 1330. The molecule has 0 fully saturated rings. The zero-order valence-corrected chi connectivity index (χ0v) is 20.1. The molecule has 0 bridgehead atoms. The Hall–Kier alpha value is -3.28. The number of H-pyrrole nitrogens is 2. The Morgan fingerprint density at radius 1 is 1.03 bits per heavy atom. The molecule has 4 aromatic rings. The van der Waals surface area contributed by atoms with Crippen molar-refractivity contribution in [3.05, 3.63) is 64.3 Å². The third-order valence-electron chi connectivity index (χ3n) is 5.63. The van der Waals surface area contributed by atoms with Crippen LogP contribution >= 0.6 is 0 Å². The van der Waals surface area contributed by atoms with Gasteiger partial charge in [-0.2, -0.15) is 0 Å². The van der Waals surface area contributed by atoms with Gasteiger partial charge in [0.25, 0.3) is 0 Å². The zero-order chi connectivity index (χ0) is 23.3. The Labute approximate surface area is 189 Å². The minimum absolute atomic E-state index is 0.144. The standard InChI is InChI=1S/C26H33N5O/c1-16-8-10-19(17(2)12-16)22-23(30-26(6,7)14-25(3,4)5)29-24(32)31(22)18-9-11-20-21(13-18)28-15-27-20/h8-13,15,30H,14H2,1-7H3,(H,27,28)(H,29,32). The van der Waals surface area contributed by atoms with E-state index in [2.05, 4.69) is 86.9 Å². The molecule has 3 N–H and O–H groups in total. The van der Waals surface area contributed by atoms with Crippen LogP contribution in [-0.4, -0.2) is 25.1 Å². The lowest BCUT2D eigenvalue weighted by atomic mass is 9.82. The lowest BCUT2D eigenvalue weighted by molar-refractivity contribution is 0.302. The number of aryl methyl sites for hydroxylation is 2. The molecule has 0 aliphatic carbocycles. The fraction of sp³-hybridized carbons (Fsp3) is 0.385. The van der Waals surface area contributed by atoms with Crippen molar-refractivity contribution in [1.82, 2.24) is 19.5 Å². The summed E-state index contributed by atoms with van der Waals surface area (Å²) in [6, 6.07) is 12.2. The number of anilines is 1. The van der Waals surface area contributed by atoms with Gasteiger partial charge < -0.3 is 10.3 Å². The van der Waals surface area contributed by atoms with Gasteiger partial charge in [0.05, 0.1) is 28.7 Å². The van der Waals surface area contributed by atoms with Gasteiger partial charge >= 0.3 is 5.69 Å². The van der Waals surface area contributed by atoms with E-state index in [-0.39, 0.29) is 16.6 Å². The van der Waals surface area contributed by atoms with Crippen LogP contribution < -0.4 is 11.0 Å². The number of hydrogen-bond donors (Lipinski definition) is 3. The third kappa shape index (κ3) is 4.35. The third-order valence-corrected chi connectivity index (χ3v) is 5.63. The molecule has 0 spiro atoms. The van der Waals surface area contributed by atoms with Crippen LogP contribution in [0.25, 0.3) is 28.0 Å². The number of rotatable bonds is 5. The van der Waals surface area contributed by atoms with E-state index in [1.807, 2.05) is 18.2 Å². The van der Waals surface area contributed by atoms with Crippen molar-refractivity contribution in [3.63, 3.8) is 0 Å². The van der Waals surface area contributed by atoms with Gasteiger partial charge in [0, 0.05) is 11.1 Å². The first-order chi connectivity index (χ1) is 14.9. The number of nitrogens with one attached hydrogen (secondary N) is 3. The molecule has 6 nitrogen and oxygen atoms in total. The second kappa shape index (κ2) is 7.69. The van der Waals surface area contributed by atoms with Gasteiger partial charge in [-0.3, -0.25) is 9.55 Å². The molecule has 0 unspecified atom stereocenters. The summed E-state index contributed by atoms with van der Waals surface area (Å²) in [6.07, 6.45) is 2.61. The molecule has 0 saturated carbocycles. The van der Waals surface area contributed by atoms with Crippen LogP contribution in [0.3, 0.4) is 0 Å². The maximum atomic E-state index is 13.3. The summed E-state index contributed by atoms with van der Waals surface area (Å²) in [7, 11) is 0. The molecule has 0 amide bonds. The van der Waals surface area contributed by atoms with Gasteiger partial charge in [0.15, 0.2) is 0 Å². The molecular formula is C26H33N5O. The SMILES string of the molecule is Cc1ccc(-c2c(NC(C)(C)CC(C)(C)C)[nH]c(=O)n2-c2ccc3nc[nH]c3c2)c(C)c1. The Kier molecular flexibility index (Phi) is 5.27. The van der Waals surface area contributed by atoms with Crippen LogP contribution in [-0.2, 0) is 0 Å². The van der Waals surface area contributed by atoms with Crippen molar-refractivity contribution in [2.24, 2.45) is 5.41 Å². The first-order valence-electron chi connectivity index (χ1n) is 11.1. The summed E-state index contributed by atoms with van der Waals surface area (Å²) >= 11 is 0. The summed E-state index contributed by atoms with van der Waals surface area (Å²) in [4.78, 5) is 23.9. The van der Waals surface area contributed by atoms with Crippen LogP contribution in [0.5, 0.6) is 0 Å². The topological polar surface area (TPSA) is 78.5 Å². The van der Waals surface area contributed by atoms with E-state index >= 15 is 0 Å². The maximum absolute atomic E-state index is 13.3. The average Bonchev–Trinajstić information content (AvgIpc) is 3.22. The second-order valence-electron chi connectivity index (χ2n) is 10.7. The van der Waals surface area contributed by atoms with Gasteiger partial charge in [-0.25, -0.2) is 9.78 Å². The molecule has 2 heterocycles. The first kappa shape index (κ1) is 21.9. The fourth-order valence-electron chi connectivity index (χ4n) is 4.88. The van der Waals surface area contributed by atoms with Crippen LogP contribution in [0.1, 0.15) is 52.2 Å². The fourth-order valence-corrected chi connectivity index (χ4v) is 4.88. The van der Waals surface area contributed by atoms with Crippen LogP contribution in [0.4, 0.5) is 5.82 Å². The number of nitrogens with zero attached hydrogens (tertiary/aromatic N) is 2. The normalized spacial score (nSPS) is 12.5. The zero-order valence-electron chi connectivity index (χ0n) is 20.1. The number of fused-ring (bicyclic) bond motifs is 1. The summed E-state index contributed by atoms with van der Waals surface area (Å²) in [6.45, 7) is 15.2.